The van der Waals surface area contributed by atoms with E-state index in [4.69, 9.17) is 21.4 Å². The monoisotopic (exact) mass is 294 g/mol. The summed E-state index contributed by atoms with van der Waals surface area (Å²) in [4.78, 5) is 24.9. The summed E-state index contributed by atoms with van der Waals surface area (Å²) in [7, 11) is 0. The van der Waals surface area contributed by atoms with Crippen LogP contribution in [0.2, 0.25) is 5.02 Å². The van der Waals surface area contributed by atoms with Gasteiger partial charge in [0.25, 0.3) is 0 Å². The molecule has 0 atom stereocenters. The summed E-state index contributed by atoms with van der Waals surface area (Å²) in [5.41, 5.74) is -0.476. The van der Waals surface area contributed by atoms with Gasteiger partial charge in [0.2, 0.25) is 5.75 Å². The number of rotatable bonds is 4. The van der Waals surface area contributed by atoms with E-state index in [1.54, 1.807) is 0 Å². The Morgan fingerprint density at radius 2 is 2.10 bits per heavy atom. The first-order valence-electron chi connectivity index (χ1n) is 5.27. The number of hydrogen-bond donors (Lipinski definition) is 1. The van der Waals surface area contributed by atoms with Crippen LogP contribution in [-0.4, -0.2) is 21.0 Å². The molecule has 1 aromatic heterocycles. The lowest BCUT2D eigenvalue weighted by molar-refractivity contribution is -0.385. The minimum atomic E-state index is -1.21. The Kier molecular flexibility index (Phi) is 3.81. The van der Waals surface area contributed by atoms with Crippen LogP contribution in [0.25, 0.3) is 0 Å². The highest BCUT2D eigenvalue weighted by atomic mass is 35.5. The van der Waals surface area contributed by atoms with Crippen molar-refractivity contribution < 1.29 is 19.6 Å². The molecule has 7 nitrogen and oxygen atoms in total. The van der Waals surface area contributed by atoms with E-state index < -0.39 is 10.9 Å². The highest BCUT2D eigenvalue weighted by Gasteiger charge is 2.18. The maximum atomic E-state index is 10.9. The number of hydrogen-bond acceptors (Lipinski definition) is 5. The first-order valence-corrected chi connectivity index (χ1v) is 5.65. The van der Waals surface area contributed by atoms with E-state index in [0.717, 1.165) is 18.2 Å². The highest BCUT2D eigenvalue weighted by Crippen LogP contribution is 2.32. The van der Waals surface area contributed by atoms with E-state index in [2.05, 4.69) is 4.98 Å². The van der Waals surface area contributed by atoms with Gasteiger partial charge in [-0.25, -0.2) is 4.79 Å². The van der Waals surface area contributed by atoms with Gasteiger partial charge >= 0.3 is 11.7 Å². The minimum Gasteiger partial charge on any atom is -0.478 e. The van der Waals surface area contributed by atoms with Crippen molar-refractivity contribution in [3.8, 4) is 11.5 Å². The van der Waals surface area contributed by atoms with E-state index in [0.29, 0.717) is 5.02 Å². The Morgan fingerprint density at radius 1 is 1.35 bits per heavy atom. The summed E-state index contributed by atoms with van der Waals surface area (Å²) in [5, 5.41) is 20.1. The zero-order chi connectivity index (χ0) is 14.7. The number of nitro benzene ring substituents is 1. The lowest BCUT2D eigenvalue weighted by Gasteiger charge is -2.07. The number of carboxylic acids is 1. The van der Waals surface area contributed by atoms with Gasteiger partial charge in [-0.1, -0.05) is 11.6 Å². The van der Waals surface area contributed by atoms with E-state index in [9.17, 15) is 14.9 Å². The fourth-order valence-electron chi connectivity index (χ4n) is 1.45. The number of pyridine rings is 1. The Bertz CT molecular complexity index is 689. The number of ether oxygens (including phenoxy) is 1. The molecule has 1 aromatic carbocycles. The van der Waals surface area contributed by atoms with Crippen LogP contribution in [0.15, 0.2) is 36.7 Å². The van der Waals surface area contributed by atoms with E-state index >= 15 is 0 Å². The summed E-state index contributed by atoms with van der Waals surface area (Å²) in [6, 6.07) is 4.67. The molecule has 0 aliphatic heterocycles. The Labute approximate surface area is 117 Å². The number of halogens is 1. The van der Waals surface area contributed by atoms with Crippen LogP contribution in [0.1, 0.15) is 10.4 Å². The van der Waals surface area contributed by atoms with Gasteiger partial charge in [0, 0.05) is 24.4 Å². The maximum absolute atomic E-state index is 10.9. The summed E-state index contributed by atoms with van der Waals surface area (Å²) < 4.78 is 5.29. The Hall–Kier alpha value is -2.67. The first kappa shape index (κ1) is 13.8. The average molecular weight is 295 g/mol. The van der Waals surface area contributed by atoms with Gasteiger partial charge in [0.05, 0.1) is 21.7 Å². The van der Waals surface area contributed by atoms with Crippen molar-refractivity contribution in [1.29, 1.82) is 0 Å². The predicted octanol–water partition coefficient (Wildman–Crippen LogP) is 3.13. The molecule has 0 spiro atoms. The third-order valence-electron chi connectivity index (χ3n) is 2.31. The first-order chi connectivity index (χ1) is 9.47. The molecule has 0 bridgehead atoms. The molecular weight excluding hydrogens is 288 g/mol. The lowest BCUT2D eigenvalue weighted by Crippen LogP contribution is -1.99. The van der Waals surface area contributed by atoms with Crippen LogP contribution >= 0.6 is 11.6 Å². The summed E-state index contributed by atoms with van der Waals surface area (Å²) in [5.74, 6) is -1.24. The quantitative estimate of drug-likeness (QED) is 0.686. The molecule has 102 valence electrons. The van der Waals surface area contributed by atoms with Crippen LogP contribution in [-0.2, 0) is 0 Å². The van der Waals surface area contributed by atoms with Gasteiger partial charge in [-0.15, -0.1) is 0 Å². The number of nitro groups is 1. The predicted molar refractivity (Wildman–Crippen MR) is 69.4 cm³/mol. The number of carbonyl (C=O) groups is 1. The molecule has 8 heteroatoms. The van der Waals surface area contributed by atoms with Crippen molar-refractivity contribution in [2.45, 2.75) is 0 Å². The maximum Gasteiger partial charge on any atom is 0.335 e. The molecule has 0 radical (unpaired) electrons. The topological polar surface area (TPSA) is 103 Å². The van der Waals surface area contributed by atoms with Gasteiger partial charge in [-0.2, -0.15) is 0 Å². The highest BCUT2D eigenvalue weighted by molar-refractivity contribution is 6.30. The second kappa shape index (κ2) is 5.54. The van der Waals surface area contributed by atoms with Gasteiger partial charge in [-0.05, 0) is 6.07 Å². The van der Waals surface area contributed by atoms with Crippen molar-refractivity contribution in [3.05, 3.63) is 57.4 Å². The van der Waals surface area contributed by atoms with Crippen molar-refractivity contribution in [1.82, 2.24) is 4.98 Å². The van der Waals surface area contributed by atoms with Crippen molar-refractivity contribution in [2.75, 3.05) is 0 Å². The standard InChI is InChI=1S/C12H7ClN2O5/c13-8-4-9(6-14-5-8)20-11-3-7(12(16)17)1-2-10(11)15(18)19/h1-6H,(H,16,17). The molecule has 0 fully saturated rings. The Morgan fingerprint density at radius 3 is 2.70 bits per heavy atom. The number of nitrogens with zero attached hydrogens (tertiary/aromatic N) is 2. The van der Waals surface area contributed by atoms with Crippen LogP contribution in [0.5, 0.6) is 11.5 Å². The average Bonchev–Trinajstić information content (AvgIpc) is 2.38. The fourth-order valence-corrected chi connectivity index (χ4v) is 1.62. The van der Waals surface area contributed by atoms with E-state index in [1.165, 1.54) is 18.5 Å². The van der Waals surface area contributed by atoms with Gasteiger partial charge in [0.15, 0.2) is 0 Å². The van der Waals surface area contributed by atoms with Crippen LogP contribution in [0.4, 0.5) is 5.69 Å². The lowest BCUT2D eigenvalue weighted by atomic mass is 10.2. The summed E-state index contributed by atoms with van der Waals surface area (Å²) in [6.45, 7) is 0. The smallest absolute Gasteiger partial charge is 0.335 e. The summed E-state index contributed by atoms with van der Waals surface area (Å²) >= 11 is 5.72. The number of carboxylic acid groups (broad SMARTS) is 1. The second-order valence-corrected chi connectivity index (χ2v) is 4.12. The molecule has 0 saturated carbocycles. The fraction of sp³-hybridized carbons (Fsp3) is 0. The van der Waals surface area contributed by atoms with Crippen LogP contribution in [0.3, 0.4) is 0 Å². The number of aromatic nitrogens is 1. The van der Waals surface area contributed by atoms with E-state index in [1.807, 2.05) is 0 Å². The third-order valence-corrected chi connectivity index (χ3v) is 2.52. The number of benzene rings is 1. The third kappa shape index (κ3) is 3.01. The molecule has 0 aliphatic carbocycles. The molecule has 0 saturated heterocycles. The van der Waals surface area contributed by atoms with Crippen molar-refractivity contribution in [2.24, 2.45) is 0 Å². The summed E-state index contributed by atoms with van der Waals surface area (Å²) in [6.07, 6.45) is 2.68. The molecule has 0 unspecified atom stereocenters. The molecule has 20 heavy (non-hydrogen) atoms. The van der Waals surface area contributed by atoms with Gasteiger partial charge < -0.3 is 9.84 Å². The second-order valence-electron chi connectivity index (χ2n) is 3.69. The SMILES string of the molecule is O=C(O)c1ccc([N+](=O)[O-])c(Oc2cncc(Cl)c2)c1. The zero-order valence-electron chi connectivity index (χ0n) is 9.82. The normalized spacial score (nSPS) is 10.1. The molecule has 0 aliphatic rings. The molecule has 1 heterocycles. The molecule has 0 amide bonds. The molecule has 1 N–H and O–H groups in total. The molecule has 2 rings (SSSR count). The largest absolute Gasteiger partial charge is 0.478 e. The van der Waals surface area contributed by atoms with Crippen molar-refractivity contribution in [3.63, 3.8) is 0 Å². The zero-order valence-corrected chi connectivity index (χ0v) is 10.6. The van der Waals surface area contributed by atoms with Crippen LogP contribution < -0.4 is 4.74 Å². The molecular formula is C12H7ClN2O5. The molecule has 2 aromatic rings. The van der Waals surface area contributed by atoms with E-state index in [-0.39, 0.29) is 22.7 Å². The van der Waals surface area contributed by atoms with Crippen molar-refractivity contribution >= 4 is 23.3 Å². The number of aromatic carboxylic acids is 1. The Balaban J connectivity index is 2.44. The minimum absolute atomic E-state index is 0.124. The van der Waals surface area contributed by atoms with Gasteiger partial charge in [0.1, 0.15) is 5.75 Å². The van der Waals surface area contributed by atoms with Gasteiger partial charge in [-0.3, -0.25) is 15.1 Å². The van der Waals surface area contributed by atoms with Crippen LogP contribution in [0, 0.1) is 10.1 Å².